The summed E-state index contributed by atoms with van der Waals surface area (Å²) in [5.74, 6) is 0. The summed E-state index contributed by atoms with van der Waals surface area (Å²) in [6, 6.07) is 0.585. The molecule has 1 N–H and O–H groups in total. The van der Waals surface area contributed by atoms with Crippen LogP contribution in [0.15, 0.2) is 0 Å². The van der Waals surface area contributed by atoms with E-state index in [0.717, 1.165) is 0 Å². The van der Waals surface area contributed by atoms with Gasteiger partial charge in [-0.2, -0.15) is 13.3 Å². The van der Waals surface area contributed by atoms with Crippen molar-refractivity contribution in [1.29, 1.82) is 0 Å². The van der Waals surface area contributed by atoms with Crippen LogP contribution in [0.2, 0.25) is 0 Å². The molecule has 87 valence electrons. The van der Waals surface area contributed by atoms with Crippen LogP contribution in [0.25, 0.3) is 0 Å². The minimum absolute atomic E-state index is 0. The van der Waals surface area contributed by atoms with Gasteiger partial charge in [0.05, 0.1) is 0 Å². The summed E-state index contributed by atoms with van der Waals surface area (Å²) in [6.07, 6.45) is 4.65. The second-order valence-electron chi connectivity index (χ2n) is 4.13. The van der Waals surface area contributed by atoms with Crippen molar-refractivity contribution < 1.29 is 18.6 Å². The molecule has 0 bridgehead atoms. The normalized spacial score (nSPS) is 10.3. The SMILES string of the molecule is CC.C[CH-]CCC(C)(C)NC(C)C.[V]. The Labute approximate surface area is 103 Å². The Morgan fingerprint density at radius 1 is 1.21 bits per heavy atom. The average Bonchev–Trinajstić information content (AvgIpc) is 2.03. The minimum atomic E-state index is 0. The molecule has 1 nitrogen and oxygen atoms in total. The van der Waals surface area contributed by atoms with Gasteiger partial charge in [-0.15, -0.1) is 0 Å². The van der Waals surface area contributed by atoms with Gasteiger partial charge in [-0.1, -0.05) is 34.1 Å². The van der Waals surface area contributed by atoms with Crippen molar-refractivity contribution in [2.24, 2.45) is 0 Å². The van der Waals surface area contributed by atoms with E-state index in [-0.39, 0.29) is 18.6 Å². The molecule has 0 rings (SSSR count). The van der Waals surface area contributed by atoms with Gasteiger partial charge in [0.25, 0.3) is 0 Å². The molecule has 0 aromatic rings. The van der Waals surface area contributed by atoms with E-state index in [1.807, 2.05) is 13.8 Å². The van der Waals surface area contributed by atoms with Crippen LogP contribution in [0, 0.1) is 6.42 Å². The summed E-state index contributed by atoms with van der Waals surface area (Å²) in [5, 5.41) is 3.53. The quantitative estimate of drug-likeness (QED) is 0.717. The van der Waals surface area contributed by atoms with Crippen molar-refractivity contribution >= 4 is 0 Å². The fourth-order valence-electron chi connectivity index (χ4n) is 1.36. The van der Waals surface area contributed by atoms with Gasteiger partial charge in [-0.3, -0.25) is 0 Å². The summed E-state index contributed by atoms with van der Waals surface area (Å²) >= 11 is 0. The van der Waals surface area contributed by atoms with Gasteiger partial charge >= 0.3 is 0 Å². The Balaban J connectivity index is -0.000000376. The third-order valence-electron chi connectivity index (χ3n) is 1.74. The molecule has 0 aromatic carbocycles. The van der Waals surface area contributed by atoms with Gasteiger partial charge in [0.15, 0.2) is 0 Å². The topological polar surface area (TPSA) is 12.0 Å². The molecule has 0 amide bonds. The van der Waals surface area contributed by atoms with Crippen molar-refractivity contribution in [2.45, 2.75) is 72.9 Å². The van der Waals surface area contributed by atoms with E-state index in [2.05, 4.69) is 46.4 Å². The van der Waals surface area contributed by atoms with E-state index >= 15 is 0 Å². The molecule has 2 heteroatoms. The van der Waals surface area contributed by atoms with E-state index in [0.29, 0.717) is 11.6 Å². The molecule has 0 aromatic heterocycles. The standard InChI is InChI=1S/C10H22N.C2H6.V/c1-6-7-8-10(4,5)11-9(2)3;1-2;/h6,9,11H,7-8H2,1-5H3;1-2H3;/q-1;;. The van der Waals surface area contributed by atoms with Gasteiger partial charge in [0, 0.05) is 30.1 Å². The van der Waals surface area contributed by atoms with Crippen LogP contribution >= 0.6 is 0 Å². The Morgan fingerprint density at radius 2 is 1.64 bits per heavy atom. The van der Waals surface area contributed by atoms with Crippen molar-refractivity contribution in [3.63, 3.8) is 0 Å². The molecule has 0 saturated carbocycles. The largest absolute Gasteiger partial charge is 0.331 e. The van der Waals surface area contributed by atoms with Gasteiger partial charge < -0.3 is 11.7 Å². The molecule has 14 heavy (non-hydrogen) atoms. The first kappa shape index (κ1) is 20.0. The minimum Gasteiger partial charge on any atom is -0.331 e. The van der Waals surface area contributed by atoms with Crippen molar-refractivity contribution in [2.75, 3.05) is 0 Å². The first-order valence-corrected chi connectivity index (χ1v) is 5.53. The monoisotopic (exact) mass is 237 g/mol. The van der Waals surface area contributed by atoms with Gasteiger partial charge in [0.2, 0.25) is 0 Å². The fraction of sp³-hybridized carbons (Fsp3) is 0.917. The summed E-state index contributed by atoms with van der Waals surface area (Å²) in [5.41, 5.74) is 0.292. The molecular weight excluding hydrogens is 209 g/mol. The van der Waals surface area contributed by atoms with Crippen LogP contribution in [0.5, 0.6) is 0 Å². The number of hydrogen-bond acceptors (Lipinski definition) is 1. The summed E-state index contributed by atoms with van der Waals surface area (Å²) in [6.45, 7) is 15.0. The second kappa shape index (κ2) is 11.6. The number of rotatable bonds is 5. The molecule has 0 heterocycles. The van der Waals surface area contributed by atoms with Crippen molar-refractivity contribution in [3.05, 3.63) is 6.42 Å². The Morgan fingerprint density at radius 3 is 1.93 bits per heavy atom. The third-order valence-corrected chi connectivity index (χ3v) is 1.74. The smallest absolute Gasteiger partial charge is 0.0103 e. The van der Waals surface area contributed by atoms with E-state index < -0.39 is 0 Å². The third kappa shape index (κ3) is 15.0. The van der Waals surface area contributed by atoms with E-state index in [1.54, 1.807) is 0 Å². The molecule has 0 atom stereocenters. The summed E-state index contributed by atoms with van der Waals surface area (Å²) < 4.78 is 0. The zero-order chi connectivity index (χ0) is 10.9. The van der Waals surface area contributed by atoms with Gasteiger partial charge in [-0.05, 0) is 13.8 Å². The van der Waals surface area contributed by atoms with Crippen LogP contribution in [0.1, 0.15) is 61.3 Å². The predicted octanol–water partition coefficient (Wildman–Crippen LogP) is 3.79. The average molecular weight is 237 g/mol. The zero-order valence-electron chi connectivity index (χ0n) is 11.0. The van der Waals surface area contributed by atoms with E-state index in [9.17, 15) is 0 Å². The maximum Gasteiger partial charge on any atom is 0.0103 e. The Bertz CT molecular complexity index is 100. The molecule has 0 aliphatic heterocycles. The van der Waals surface area contributed by atoms with Crippen LogP contribution in [0.4, 0.5) is 0 Å². The maximum atomic E-state index is 3.53. The molecule has 1 radical (unpaired) electrons. The number of unbranched alkanes of at least 4 members (excludes halogenated alkanes) is 1. The first-order chi connectivity index (χ1) is 5.98. The summed E-state index contributed by atoms with van der Waals surface area (Å²) in [7, 11) is 0. The zero-order valence-corrected chi connectivity index (χ0v) is 12.4. The van der Waals surface area contributed by atoms with Crippen LogP contribution in [-0.2, 0) is 18.6 Å². The molecule has 0 unspecified atom stereocenters. The van der Waals surface area contributed by atoms with Crippen LogP contribution in [0.3, 0.4) is 0 Å². The number of nitrogens with one attached hydrogen (secondary N) is 1. The molecular formula is C12H28NV-. The predicted molar refractivity (Wildman–Crippen MR) is 62.9 cm³/mol. The molecule has 0 fully saturated rings. The molecule has 0 aliphatic carbocycles. The maximum absolute atomic E-state index is 3.53. The van der Waals surface area contributed by atoms with Gasteiger partial charge in [-0.25, -0.2) is 0 Å². The fourth-order valence-corrected chi connectivity index (χ4v) is 1.36. The Kier molecular flexibility index (Phi) is 16.6. The first-order valence-electron chi connectivity index (χ1n) is 5.53. The number of hydrogen-bond donors (Lipinski definition) is 1. The van der Waals surface area contributed by atoms with Crippen molar-refractivity contribution in [1.82, 2.24) is 5.32 Å². The molecule has 0 saturated heterocycles. The van der Waals surface area contributed by atoms with E-state index in [4.69, 9.17) is 0 Å². The van der Waals surface area contributed by atoms with Crippen molar-refractivity contribution in [3.8, 4) is 0 Å². The Hall–Kier alpha value is 0.544. The molecule has 0 aliphatic rings. The van der Waals surface area contributed by atoms with Crippen LogP contribution < -0.4 is 5.32 Å². The van der Waals surface area contributed by atoms with E-state index in [1.165, 1.54) is 12.8 Å². The second-order valence-corrected chi connectivity index (χ2v) is 4.13. The van der Waals surface area contributed by atoms with Gasteiger partial charge in [0.1, 0.15) is 0 Å². The molecule has 0 spiro atoms. The summed E-state index contributed by atoms with van der Waals surface area (Å²) in [4.78, 5) is 0. The van der Waals surface area contributed by atoms with Crippen LogP contribution in [-0.4, -0.2) is 11.6 Å².